The molecule has 0 aliphatic carbocycles. The Hall–Kier alpha value is -4.49. The van der Waals surface area contributed by atoms with Gasteiger partial charge >= 0.3 is 10.1 Å². The summed E-state index contributed by atoms with van der Waals surface area (Å²) >= 11 is 0. The largest absolute Gasteiger partial charge is 0.379 e. The maximum atomic E-state index is 12.5. The number of carbonyl (C=O) groups is 1. The lowest BCUT2D eigenvalue weighted by Crippen LogP contribution is -2.14. The first-order valence-corrected chi connectivity index (χ1v) is 11.3. The van der Waals surface area contributed by atoms with Crippen molar-refractivity contribution < 1.29 is 22.3 Å². The highest BCUT2D eigenvalue weighted by molar-refractivity contribution is 7.87. The molecule has 3 aromatic rings. The van der Waals surface area contributed by atoms with Crippen molar-refractivity contribution in [3.8, 4) is 11.8 Å². The highest BCUT2D eigenvalue weighted by Gasteiger charge is 2.19. The molecule has 0 aliphatic heterocycles. The van der Waals surface area contributed by atoms with Gasteiger partial charge in [0.25, 0.3) is 11.6 Å². The van der Waals surface area contributed by atoms with E-state index in [0.717, 1.165) is 5.56 Å². The second-order valence-corrected chi connectivity index (χ2v) is 8.87. The molecule has 0 aliphatic rings. The first-order chi connectivity index (χ1) is 16.1. The molecule has 0 spiro atoms. The van der Waals surface area contributed by atoms with Gasteiger partial charge in [0.05, 0.1) is 4.92 Å². The SMILES string of the molecule is Cc1ccc(S(=O)(=O)Oc2ccc(/C=C(\C#N)C(=O)Nc3ccc(C)cc3[N+](=O)[O-])cc2)cc1. The van der Waals surface area contributed by atoms with Crippen LogP contribution in [0.1, 0.15) is 16.7 Å². The fourth-order valence-electron chi connectivity index (χ4n) is 2.90. The average molecular weight is 477 g/mol. The Morgan fingerprint density at radius 1 is 1.03 bits per heavy atom. The Kier molecular flexibility index (Phi) is 7.09. The van der Waals surface area contributed by atoms with Crippen LogP contribution in [0.5, 0.6) is 5.75 Å². The van der Waals surface area contributed by atoms with Crippen molar-refractivity contribution in [3.63, 3.8) is 0 Å². The minimum absolute atomic E-state index is 0.00992. The van der Waals surface area contributed by atoms with Gasteiger partial charge in [0.15, 0.2) is 0 Å². The number of carbonyl (C=O) groups excluding carboxylic acids is 1. The molecule has 0 radical (unpaired) electrons. The van der Waals surface area contributed by atoms with Gasteiger partial charge in [-0.2, -0.15) is 13.7 Å². The minimum atomic E-state index is -4.02. The van der Waals surface area contributed by atoms with E-state index in [4.69, 9.17) is 4.18 Å². The second kappa shape index (κ2) is 9.97. The molecule has 0 aromatic heterocycles. The van der Waals surface area contributed by atoms with Gasteiger partial charge in [-0.25, -0.2) is 0 Å². The molecule has 0 saturated heterocycles. The number of nitrogens with zero attached hydrogens (tertiary/aromatic N) is 2. The third-order valence-corrected chi connectivity index (χ3v) is 5.93. The van der Waals surface area contributed by atoms with E-state index in [1.165, 1.54) is 54.6 Å². The molecular formula is C24H19N3O6S. The topological polar surface area (TPSA) is 139 Å². The molecule has 0 atom stereocenters. The van der Waals surface area contributed by atoms with Crippen LogP contribution >= 0.6 is 0 Å². The number of nitro benzene ring substituents is 1. The van der Waals surface area contributed by atoms with E-state index in [0.29, 0.717) is 11.1 Å². The number of hydrogen-bond donors (Lipinski definition) is 1. The van der Waals surface area contributed by atoms with E-state index in [9.17, 15) is 28.6 Å². The lowest BCUT2D eigenvalue weighted by molar-refractivity contribution is -0.384. The molecule has 10 heteroatoms. The zero-order chi connectivity index (χ0) is 24.9. The number of amides is 1. The lowest BCUT2D eigenvalue weighted by atomic mass is 10.1. The highest BCUT2D eigenvalue weighted by atomic mass is 32.2. The van der Waals surface area contributed by atoms with Crippen LogP contribution in [-0.2, 0) is 14.9 Å². The molecule has 0 bridgehead atoms. The fraction of sp³-hybridized carbons (Fsp3) is 0.0833. The van der Waals surface area contributed by atoms with Crippen LogP contribution in [0.15, 0.2) is 77.2 Å². The first-order valence-electron chi connectivity index (χ1n) is 9.88. The van der Waals surface area contributed by atoms with Gasteiger partial charge in [0.2, 0.25) is 0 Å². The monoisotopic (exact) mass is 477 g/mol. The summed E-state index contributed by atoms with van der Waals surface area (Å²) in [4.78, 5) is 23.1. The van der Waals surface area contributed by atoms with Crippen LogP contribution in [0.3, 0.4) is 0 Å². The zero-order valence-corrected chi connectivity index (χ0v) is 19.0. The molecule has 1 N–H and O–H groups in total. The third kappa shape index (κ3) is 5.85. The normalized spacial score (nSPS) is 11.4. The summed E-state index contributed by atoms with van der Waals surface area (Å²) in [6.45, 7) is 3.51. The highest BCUT2D eigenvalue weighted by Crippen LogP contribution is 2.26. The van der Waals surface area contributed by atoms with Crippen molar-refractivity contribution in [2.45, 2.75) is 18.7 Å². The number of nitrogens with one attached hydrogen (secondary N) is 1. The minimum Gasteiger partial charge on any atom is -0.379 e. The van der Waals surface area contributed by atoms with Crippen molar-refractivity contribution >= 4 is 33.5 Å². The molecule has 0 fully saturated rings. The van der Waals surface area contributed by atoms with Crippen molar-refractivity contribution in [2.24, 2.45) is 0 Å². The standard InChI is InChI=1S/C24H19N3O6S/c1-16-3-10-21(11-4-16)34(31,32)33-20-8-6-18(7-9-20)14-19(15-25)24(28)26-22-12-5-17(2)13-23(22)27(29)30/h3-14H,1-2H3,(H,26,28)/b19-14+. The van der Waals surface area contributed by atoms with E-state index >= 15 is 0 Å². The number of benzene rings is 3. The van der Waals surface area contributed by atoms with Crippen molar-refractivity contribution in [2.75, 3.05) is 5.32 Å². The Balaban J connectivity index is 1.77. The molecular weight excluding hydrogens is 458 g/mol. The number of hydrogen-bond acceptors (Lipinski definition) is 7. The van der Waals surface area contributed by atoms with Gasteiger partial charge in [-0.15, -0.1) is 0 Å². The van der Waals surface area contributed by atoms with Crippen LogP contribution in [0.2, 0.25) is 0 Å². The number of aryl methyl sites for hydroxylation is 2. The summed E-state index contributed by atoms with van der Waals surface area (Å²) in [6.07, 6.45) is 1.27. The summed E-state index contributed by atoms with van der Waals surface area (Å²) in [5.41, 5.74) is 1.35. The molecule has 172 valence electrons. The molecule has 0 heterocycles. The van der Waals surface area contributed by atoms with Gasteiger partial charge in [-0.1, -0.05) is 35.9 Å². The summed E-state index contributed by atoms with van der Waals surface area (Å²) in [5.74, 6) is -0.771. The Bertz CT molecular complexity index is 1420. The van der Waals surface area contributed by atoms with Gasteiger partial charge in [-0.05, 0) is 61.4 Å². The molecule has 3 aromatic carbocycles. The van der Waals surface area contributed by atoms with E-state index < -0.39 is 20.9 Å². The summed E-state index contributed by atoms with van der Waals surface area (Å²) in [5, 5.41) is 23.0. The Morgan fingerprint density at radius 3 is 2.24 bits per heavy atom. The quantitative estimate of drug-likeness (QED) is 0.173. The van der Waals surface area contributed by atoms with Crippen LogP contribution in [0.4, 0.5) is 11.4 Å². The summed E-state index contributed by atoms with van der Waals surface area (Å²) < 4.78 is 29.9. The molecule has 1 amide bonds. The predicted octanol–water partition coefficient (Wildman–Crippen LogP) is 4.53. The average Bonchev–Trinajstić information content (AvgIpc) is 2.79. The van der Waals surface area contributed by atoms with Crippen LogP contribution in [0, 0.1) is 35.3 Å². The van der Waals surface area contributed by atoms with Crippen molar-refractivity contribution in [1.29, 1.82) is 5.26 Å². The number of rotatable bonds is 7. The lowest BCUT2D eigenvalue weighted by Gasteiger charge is -2.08. The van der Waals surface area contributed by atoms with E-state index in [2.05, 4.69) is 5.32 Å². The molecule has 0 unspecified atom stereocenters. The number of nitriles is 1. The molecule has 9 nitrogen and oxygen atoms in total. The summed E-state index contributed by atoms with van der Waals surface area (Å²) in [6, 6.07) is 18.0. The maximum Gasteiger partial charge on any atom is 0.339 e. The Labute approximate surface area is 196 Å². The molecule has 0 saturated carbocycles. The number of anilines is 1. The maximum absolute atomic E-state index is 12.5. The van der Waals surface area contributed by atoms with Gasteiger partial charge in [0.1, 0.15) is 28.0 Å². The first kappa shape index (κ1) is 24.2. The number of nitro groups is 1. The van der Waals surface area contributed by atoms with Crippen molar-refractivity contribution in [1.82, 2.24) is 0 Å². The van der Waals surface area contributed by atoms with Gasteiger partial charge in [-0.3, -0.25) is 14.9 Å². The zero-order valence-electron chi connectivity index (χ0n) is 18.2. The predicted molar refractivity (Wildman–Crippen MR) is 125 cm³/mol. The smallest absolute Gasteiger partial charge is 0.339 e. The fourth-order valence-corrected chi connectivity index (χ4v) is 3.83. The van der Waals surface area contributed by atoms with E-state index in [-0.39, 0.29) is 27.6 Å². The van der Waals surface area contributed by atoms with Gasteiger partial charge in [0, 0.05) is 6.07 Å². The van der Waals surface area contributed by atoms with E-state index in [1.807, 2.05) is 6.92 Å². The molecule has 3 rings (SSSR count). The third-order valence-electron chi connectivity index (χ3n) is 4.67. The second-order valence-electron chi connectivity index (χ2n) is 7.32. The summed E-state index contributed by atoms with van der Waals surface area (Å²) in [7, 11) is -4.02. The van der Waals surface area contributed by atoms with Crippen LogP contribution in [-0.4, -0.2) is 19.2 Å². The Morgan fingerprint density at radius 2 is 1.65 bits per heavy atom. The van der Waals surface area contributed by atoms with Gasteiger partial charge < -0.3 is 9.50 Å². The van der Waals surface area contributed by atoms with Crippen LogP contribution < -0.4 is 9.50 Å². The van der Waals surface area contributed by atoms with Crippen LogP contribution in [0.25, 0.3) is 6.08 Å². The van der Waals surface area contributed by atoms with Crippen molar-refractivity contribution in [3.05, 3.63) is 99.1 Å². The van der Waals surface area contributed by atoms with E-state index in [1.54, 1.807) is 31.2 Å². The molecule has 34 heavy (non-hydrogen) atoms.